The molecule has 10 heteroatoms. The number of aliphatic imine (C=N–C) groups is 1. The summed E-state index contributed by atoms with van der Waals surface area (Å²) in [6.07, 6.45) is 1.60. The summed E-state index contributed by atoms with van der Waals surface area (Å²) in [6.45, 7) is 0.263. The van der Waals surface area contributed by atoms with Crippen LogP contribution in [0.25, 0.3) is 0 Å². The molecule has 3 rings (SSSR count). The average molecular weight is 403 g/mol. The second-order valence-corrected chi connectivity index (χ2v) is 7.34. The molecular weight excluding hydrogens is 384 g/mol. The minimum atomic E-state index is -0.702. The number of amidine groups is 1. The second-order valence-electron chi connectivity index (χ2n) is 6.33. The summed E-state index contributed by atoms with van der Waals surface area (Å²) in [5.41, 5.74) is 1.52. The number of benzene rings is 1. The van der Waals surface area contributed by atoms with Crippen LogP contribution >= 0.6 is 11.8 Å². The van der Waals surface area contributed by atoms with Crippen LogP contribution in [0.15, 0.2) is 39.7 Å². The number of non-ortho nitro benzene ring substituents is 1. The number of amides is 3. The quantitative estimate of drug-likeness (QED) is 0.409. The van der Waals surface area contributed by atoms with E-state index in [9.17, 15) is 19.7 Å². The van der Waals surface area contributed by atoms with Crippen LogP contribution in [-0.2, 0) is 15.3 Å². The van der Waals surface area contributed by atoms with Gasteiger partial charge in [-0.25, -0.2) is 4.79 Å². The van der Waals surface area contributed by atoms with Gasteiger partial charge in [0.25, 0.3) is 11.5 Å². The van der Waals surface area contributed by atoms with Crippen molar-refractivity contribution in [2.75, 3.05) is 27.8 Å². The molecule has 3 amide bonds. The Morgan fingerprint density at radius 1 is 1.39 bits per heavy atom. The van der Waals surface area contributed by atoms with Gasteiger partial charge in [0.05, 0.1) is 25.6 Å². The topological polar surface area (TPSA) is 105 Å². The Morgan fingerprint density at radius 2 is 2.14 bits per heavy atom. The molecule has 0 spiro atoms. The number of hydrogen-bond donors (Lipinski definition) is 0. The number of urea groups is 1. The van der Waals surface area contributed by atoms with Crippen molar-refractivity contribution >= 4 is 41.4 Å². The number of nitrogens with zero attached hydrogens (tertiary/aromatic N) is 4. The van der Waals surface area contributed by atoms with Gasteiger partial charge in [0.15, 0.2) is 5.92 Å². The van der Waals surface area contributed by atoms with E-state index in [1.54, 1.807) is 32.5 Å². The number of thioether (sulfide) groups is 1. The van der Waals surface area contributed by atoms with Gasteiger partial charge in [-0.3, -0.25) is 14.9 Å². The minimum Gasteiger partial charge on any atom is -0.380 e. The van der Waals surface area contributed by atoms with Crippen molar-refractivity contribution in [1.82, 2.24) is 4.90 Å². The third kappa shape index (κ3) is 3.60. The van der Waals surface area contributed by atoms with E-state index in [2.05, 4.69) is 4.99 Å². The molecular formula is C18H19N4O5S+. The van der Waals surface area contributed by atoms with Crippen LogP contribution in [0.1, 0.15) is 5.56 Å². The molecule has 1 atom stereocenters. The van der Waals surface area contributed by atoms with E-state index < -0.39 is 16.9 Å². The Hall–Kier alpha value is -2.85. The summed E-state index contributed by atoms with van der Waals surface area (Å²) in [4.78, 5) is 41.7. The number of imide groups is 1. The molecule has 0 fully saturated rings. The molecule has 28 heavy (non-hydrogen) atoms. The first-order valence-corrected chi connectivity index (χ1v) is 9.38. The molecule has 2 aliphatic rings. The normalized spacial score (nSPS) is 19.4. The molecule has 1 aromatic rings. The Kier molecular flexibility index (Phi) is 5.71. The average Bonchev–Trinajstić information content (AvgIpc) is 2.69. The summed E-state index contributed by atoms with van der Waals surface area (Å²) in [7, 11) is 4.57. The summed E-state index contributed by atoms with van der Waals surface area (Å²) < 4.78 is 6.60. The van der Waals surface area contributed by atoms with Gasteiger partial charge in [-0.2, -0.15) is 9.48 Å². The van der Waals surface area contributed by atoms with Gasteiger partial charge in [0.1, 0.15) is 6.21 Å². The fourth-order valence-electron chi connectivity index (χ4n) is 3.06. The standard InChI is InChI=1S/C18H19N4O5S/c1-20-16-14(17(23)21(2)18(20)24)15(12(8-19-16)9-27-3)28-10-11-5-4-6-13(7-11)22(25)26/h4-8,14H,9-10H2,1-3H3/q+1. The summed E-state index contributed by atoms with van der Waals surface area (Å²) in [5.74, 6) is -0.262. The molecule has 0 radical (unpaired) electrons. The maximum absolute atomic E-state index is 12.8. The van der Waals surface area contributed by atoms with E-state index in [4.69, 9.17) is 4.74 Å². The van der Waals surface area contributed by atoms with Crippen LogP contribution in [0.5, 0.6) is 0 Å². The van der Waals surface area contributed by atoms with Crippen LogP contribution < -0.4 is 0 Å². The first kappa shape index (κ1) is 19.9. The predicted octanol–water partition coefficient (Wildman–Crippen LogP) is 2.06. The number of nitro benzene ring substituents is 1. The third-order valence-corrected chi connectivity index (χ3v) is 5.79. The number of dihydropyridines is 1. The van der Waals surface area contributed by atoms with Crippen molar-refractivity contribution in [3.8, 4) is 0 Å². The molecule has 9 nitrogen and oxygen atoms in total. The summed E-state index contributed by atoms with van der Waals surface area (Å²) in [5, 5.41) is 11.0. The van der Waals surface area contributed by atoms with Crippen molar-refractivity contribution < 1.29 is 23.8 Å². The van der Waals surface area contributed by atoms with Crippen LogP contribution in [0.2, 0.25) is 0 Å². The first-order chi connectivity index (χ1) is 13.3. The molecule has 0 aromatic heterocycles. The van der Waals surface area contributed by atoms with E-state index in [0.717, 1.165) is 20.9 Å². The molecule has 0 saturated carbocycles. The molecule has 0 aliphatic carbocycles. The number of carbonyl (C=O) groups is 2. The molecule has 2 aliphatic heterocycles. The lowest BCUT2D eigenvalue weighted by Gasteiger charge is -2.28. The number of hydrogen-bond acceptors (Lipinski definition) is 7. The Morgan fingerprint density at radius 3 is 2.82 bits per heavy atom. The number of methoxy groups -OCH3 is 1. The summed E-state index contributed by atoms with van der Waals surface area (Å²) >= 11 is 1.39. The maximum Gasteiger partial charge on any atom is 0.445 e. The maximum atomic E-state index is 12.8. The zero-order valence-corrected chi connectivity index (χ0v) is 16.4. The number of rotatable bonds is 6. The largest absolute Gasteiger partial charge is 0.445 e. The number of ether oxygens (including phenoxy) is 1. The van der Waals surface area contributed by atoms with Crippen molar-refractivity contribution in [3.05, 3.63) is 50.4 Å². The lowest BCUT2D eigenvalue weighted by atomic mass is 9.98. The molecule has 0 saturated heterocycles. The highest BCUT2D eigenvalue weighted by Gasteiger charge is 2.48. The zero-order chi connectivity index (χ0) is 20.4. The van der Waals surface area contributed by atoms with Crippen LogP contribution in [-0.4, -0.2) is 66.2 Å². The van der Waals surface area contributed by atoms with Gasteiger partial charge in [-0.15, -0.1) is 16.8 Å². The van der Waals surface area contributed by atoms with Crippen molar-refractivity contribution in [2.24, 2.45) is 10.9 Å². The highest BCUT2D eigenvalue weighted by atomic mass is 32.2. The fourth-order valence-corrected chi connectivity index (χ4v) is 4.23. The molecule has 1 unspecified atom stereocenters. The smallest absolute Gasteiger partial charge is 0.380 e. The highest BCUT2D eigenvalue weighted by molar-refractivity contribution is 8.02. The Bertz CT molecular complexity index is 953. The van der Waals surface area contributed by atoms with Crippen LogP contribution in [0, 0.1) is 16.0 Å². The number of fused-ring (bicyclic) bond motifs is 1. The summed E-state index contributed by atoms with van der Waals surface area (Å²) in [6, 6.07) is 5.93. The van der Waals surface area contributed by atoms with Crippen molar-refractivity contribution in [2.45, 2.75) is 5.75 Å². The van der Waals surface area contributed by atoms with Gasteiger partial charge in [-0.05, 0) is 5.56 Å². The van der Waals surface area contributed by atoms with Crippen molar-refractivity contribution in [1.29, 1.82) is 0 Å². The predicted molar refractivity (Wildman–Crippen MR) is 105 cm³/mol. The van der Waals surface area contributed by atoms with E-state index in [1.165, 1.54) is 35.5 Å². The van der Waals surface area contributed by atoms with E-state index >= 15 is 0 Å². The third-order valence-electron chi connectivity index (χ3n) is 4.50. The van der Waals surface area contributed by atoms with Gasteiger partial charge in [-0.1, -0.05) is 12.1 Å². The fraction of sp³-hybridized carbons (Fsp3) is 0.333. The highest BCUT2D eigenvalue weighted by Crippen LogP contribution is 2.36. The van der Waals surface area contributed by atoms with Gasteiger partial charge in [0.2, 0.25) is 0 Å². The Balaban J connectivity index is 1.96. The molecule has 2 heterocycles. The van der Waals surface area contributed by atoms with Crippen molar-refractivity contribution in [3.63, 3.8) is 0 Å². The first-order valence-electron chi connectivity index (χ1n) is 8.39. The SMILES string of the molecule is COCC1=C(SCc2cccc([N+](=O)[O-])c2)C2C(=O)N(C)C(=O)[N+](C)=C2N=C1. The van der Waals surface area contributed by atoms with Gasteiger partial charge < -0.3 is 4.74 Å². The Labute approximate surface area is 165 Å². The lowest BCUT2D eigenvalue weighted by molar-refractivity contribution is -0.407. The van der Waals surface area contributed by atoms with Crippen LogP contribution in [0.4, 0.5) is 10.5 Å². The number of nitro groups is 1. The lowest BCUT2D eigenvalue weighted by Crippen LogP contribution is -2.52. The van der Waals surface area contributed by atoms with Gasteiger partial charge >= 0.3 is 11.9 Å². The van der Waals surface area contributed by atoms with E-state index in [1.807, 2.05) is 0 Å². The zero-order valence-electron chi connectivity index (χ0n) is 15.6. The number of carbonyl (C=O) groups excluding carboxylic acids is 2. The minimum absolute atomic E-state index is 0.0143. The van der Waals surface area contributed by atoms with Gasteiger partial charge in [0, 0.05) is 35.5 Å². The molecule has 0 N–H and O–H groups in total. The molecule has 0 bridgehead atoms. The van der Waals surface area contributed by atoms with Crippen LogP contribution in [0.3, 0.4) is 0 Å². The molecule has 1 aromatic carbocycles. The molecule has 146 valence electrons. The monoisotopic (exact) mass is 403 g/mol. The van der Waals surface area contributed by atoms with E-state index in [-0.39, 0.29) is 18.2 Å². The second kappa shape index (κ2) is 8.03. The van der Waals surface area contributed by atoms with E-state index in [0.29, 0.717) is 11.6 Å².